The number of carbonyl (C=O) groups is 2. The zero-order valence-corrected chi connectivity index (χ0v) is 33.5. The number of ether oxygens (including phenoxy) is 1. The Kier molecular flexibility index (Phi) is 10.2. The van der Waals surface area contributed by atoms with Crippen LogP contribution in [0, 0.1) is 0 Å². The Hall–Kier alpha value is -4.49. The number of nitrogens with one attached hydrogen (secondary N) is 1. The van der Waals surface area contributed by atoms with E-state index in [9.17, 15) is 18.0 Å². The lowest BCUT2D eigenvalue weighted by molar-refractivity contribution is 0.0409. The van der Waals surface area contributed by atoms with E-state index >= 15 is 0 Å². The standard InChI is InChI=1S/C41H53N7O5S/c1-24(2)48-38(37(42-44-48)41(50)46-21-26(5)45(7)27(6)22-46)31-18-30-19-32(53-8)15-17-33(30)39-36(28-12-10-9-11-13-28)34-16-14-29(20-35(34)47(39)23-31)40(49)43-54(51,52)25(3)4/h14-20,24-28H,9-13,21-23H2,1-8H3,(H,43,49)/t26-,27?/m1/s1. The Morgan fingerprint density at radius 2 is 1.65 bits per heavy atom. The fourth-order valence-corrected chi connectivity index (χ4v) is 9.06. The second kappa shape index (κ2) is 14.6. The van der Waals surface area contributed by atoms with E-state index in [4.69, 9.17) is 4.74 Å². The summed E-state index contributed by atoms with van der Waals surface area (Å²) in [6.45, 7) is 13.0. The van der Waals surface area contributed by atoms with Gasteiger partial charge in [-0.15, -0.1) is 5.10 Å². The number of allylic oxidation sites excluding steroid dienone is 1. The lowest BCUT2D eigenvalue weighted by Gasteiger charge is -2.42. The van der Waals surface area contributed by atoms with E-state index in [1.54, 1.807) is 27.0 Å². The number of carbonyl (C=O) groups excluding carboxylic acids is 2. The maximum Gasteiger partial charge on any atom is 0.276 e. The molecule has 2 atom stereocenters. The molecule has 0 radical (unpaired) electrons. The smallest absolute Gasteiger partial charge is 0.276 e. The molecule has 1 saturated carbocycles. The molecule has 13 heteroatoms. The van der Waals surface area contributed by atoms with Crippen LogP contribution in [0.4, 0.5) is 0 Å². The number of aromatic nitrogens is 4. The van der Waals surface area contributed by atoms with Crippen molar-refractivity contribution >= 4 is 44.4 Å². The lowest BCUT2D eigenvalue weighted by Crippen LogP contribution is -2.56. The Morgan fingerprint density at radius 3 is 2.30 bits per heavy atom. The van der Waals surface area contributed by atoms with Crippen molar-refractivity contribution in [2.75, 3.05) is 27.2 Å². The van der Waals surface area contributed by atoms with Crippen molar-refractivity contribution < 1.29 is 22.7 Å². The zero-order chi connectivity index (χ0) is 38.6. The highest BCUT2D eigenvalue weighted by Gasteiger charge is 2.36. The maximum atomic E-state index is 14.5. The molecule has 4 aromatic rings. The first-order valence-electron chi connectivity index (χ1n) is 19.3. The van der Waals surface area contributed by atoms with Crippen LogP contribution in [0.5, 0.6) is 5.75 Å². The van der Waals surface area contributed by atoms with E-state index in [0.29, 0.717) is 42.7 Å². The molecule has 4 heterocycles. The minimum Gasteiger partial charge on any atom is -0.497 e. The summed E-state index contributed by atoms with van der Waals surface area (Å²) < 4.78 is 37.7. The number of sulfonamides is 1. The Labute approximate surface area is 318 Å². The van der Waals surface area contributed by atoms with Crippen molar-refractivity contribution in [3.05, 3.63) is 64.5 Å². The Morgan fingerprint density at radius 1 is 0.944 bits per heavy atom. The summed E-state index contributed by atoms with van der Waals surface area (Å²) in [7, 11) is -0.0922. The second-order valence-electron chi connectivity index (χ2n) is 16.0. The highest BCUT2D eigenvalue weighted by atomic mass is 32.2. The van der Waals surface area contributed by atoms with Crippen molar-refractivity contribution in [2.45, 2.75) is 109 Å². The molecule has 0 bridgehead atoms. The molecular weight excluding hydrogens is 703 g/mol. The molecule has 1 saturated heterocycles. The molecule has 3 aliphatic rings. The van der Waals surface area contributed by atoms with E-state index in [1.165, 1.54) is 12.0 Å². The van der Waals surface area contributed by atoms with Gasteiger partial charge in [0.2, 0.25) is 10.0 Å². The van der Waals surface area contributed by atoms with Crippen LogP contribution in [0.1, 0.15) is 123 Å². The first kappa shape index (κ1) is 37.8. The molecule has 2 fully saturated rings. The number of piperazine rings is 1. The van der Waals surface area contributed by atoms with Gasteiger partial charge in [0, 0.05) is 58.8 Å². The van der Waals surface area contributed by atoms with Crippen molar-refractivity contribution in [3.63, 3.8) is 0 Å². The summed E-state index contributed by atoms with van der Waals surface area (Å²) in [6, 6.07) is 11.9. The highest BCUT2D eigenvalue weighted by Crippen LogP contribution is 2.48. The Bertz CT molecular complexity index is 2230. The first-order chi connectivity index (χ1) is 25.7. The van der Waals surface area contributed by atoms with Crippen molar-refractivity contribution in [2.24, 2.45) is 0 Å². The van der Waals surface area contributed by atoms with Crippen LogP contribution >= 0.6 is 0 Å². The lowest BCUT2D eigenvalue weighted by atomic mass is 9.81. The number of nitrogens with zero attached hydrogens (tertiary/aromatic N) is 6. The van der Waals surface area contributed by atoms with Crippen LogP contribution in [-0.4, -0.2) is 94.2 Å². The average Bonchev–Trinajstić information content (AvgIpc) is 3.68. The van der Waals surface area contributed by atoms with Gasteiger partial charge < -0.3 is 14.2 Å². The summed E-state index contributed by atoms with van der Waals surface area (Å²) in [5, 5.41) is 9.45. The molecule has 12 nitrogen and oxygen atoms in total. The normalized spacial score (nSPS) is 19.8. The zero-order valence-electron chi connectivity index (χ0n) is 32.7. The van der Waals surface area contributed by atoms with Crippen LogP contribution in [0.25, 0.3) is 33.8 Å². The maximum absolute atomic E-state index is 14.5. The van der Waals surface area contributed by atoms with Gasteiger partial charge in [-0.1, -0.05) is 30.5 Å². The molecule has 0 spiro atoms. The molecule has 288 valence electrons. The third kappa shape index (κ3) is 6.74. The number of rotatable bonds is 8. The molecule has 1 N–H and O–H groups in total. The number of likely N-dealkylation sites (N-methyl/N-ethyl adjacent to an activating group) is 1. The van der Waals surface area contributed by atoms with E-state index in [1.807, 2.05) is 47.7 Å². The molecule has 2 aliphatic heterocycles. The number of hydrogen-bond acceptors (Lipinski definition) is 8. The molecule has 54 heavy (non-hydrogen) atoms. The summed E-state index contributed by atoms with van der Waals surface area (Å²) in [4.78, 5) is 32.3. The van der Waals surface area contributed by atoms with Gasteiger partial charge in [0.25, 0.3) is 11.8 Å². The fourth-order valence-electron chi connectivity index (χ4n) is 8.45. The number of amides is 2. The number of benzene rings is 2. The van der Waals surface area contributed by atoms with Gasteiger partial charge in [0.05, 0.1) is 30.3 Å². The van der Waals surface area contributed by atoms with Crippen molar-refractivity contribution in [3.8, 4) is 17.0 Å². The van der Waals surface area contributed by atoms with Gasteiger partial charge in [-0.05, 0) is 115 Å². The van der Waals surface area contributed by atoms with Crippen molar-refractivity contribution in [1.82, 2.24) is 34.1 Å². The molecule has 1 aliphatic carbocycles. The minimum atomic E-state index is -3.85. The SMILES string of the molecule is COc1ccc2c(c1)C=C(c1c(C(=O)N3CC(C)N(C)[C@H](C)C3)nnn1C(C)C)Cn1c-2c(C2CCCCC2)c2ccc(C(=O)NS(=O)(=O)C(C)C)cc21. The van der Waals surface area contributed by atoms with Crippen LogP contribution in [0.3, 0.4) is 0 Å². The number of hydrogen-bond donors (Lipinski definition) is 1. The molecule has 2 aromatic heterocycles. The van der Waals surface area contributed by atoms with Gasteiger partial charge in [0.1, 0.15) is 5.75 Å². The first-order valence-corrected chi connectivity index (χ1v) is 20.8. The molecule has 7 rings (SSSR count). The number of fused-ring (bicyclic) bond motifs is 5. The average molecular weight is 756 g/mol. The van der Waals surface area contributed by atoms with Gasteiger partial charge >= 0.3 is 0 Å². The van der Waals surface area contributed by atoms with E-state index in [0.717, 1.165) is 59.0 Å². The van der Waals surface area contributed by atoms with E-state index in [-0.39, 0.29) is 29.6 Å². The topological polar surface area (TPSA) is 132 Å². The molecular formula is C41H53N7O5S. The van der Waals surface area contributed by atoms with Gasteiger partial charge in [0.15, 0.2) is 5.69 Å². The molecule has 1 unspecified atom stereocenters. The van der Waals surface area contributed by atoms with Crippen LogP contribution in [0.2, 0.25) is 0 Å². The molecule has 2 aromatic carbocycles. The summed E-state index contributed by atoms with van der Waals surface area (Å²) in [5.74, 6) is 0.202. The second-order valence-corrected chi connectivity index (χ2v) is 18.2. The minimum absolute atomic E-state index is 0.0924. The third-order valence-corrected chi connectivity index (χ3v) is 13.5. The summed E-state index contributed by atoms with van der Waals surface area (Å²) in [5.41, 5.74) is 7.18. The van der Waals surface area contributed by atoms with Crippen LogP contribution < -0.4 is 9.46 Å². The largest absolute Gasteiger partial charge is 0.497 e. The Balaban J connectivity index is 1.46. The highest BCUT2D eigenvalue weighted by molar-refractivity contribution is 7.90. The van der Waals surface area contributed by atoms with Crippen LogP contribution in [0.15, 0.2) is 36.4 Å². The predicted molar refractivity (Wildman–Crippen MR) is 212 cm³/mol. The summed E-state index contributed by atoms with van der Waals surface area (Å²) >= 11 is 0. The fraction of sp³-hybridized carbons (Fsp3) is 0.512. The quantitative estimate of drug-likeness (QED) is 0.210. The van der Waals surface area contributed by atoms with Gasteiger partial charge in [-0.25, -0.2) is 17.8 Å². The predicted octanol–water partition coefficient (Wildman–Crippen LogP) is 6.72. The summed E-state index contributed by atoms with van der Waals surface area (Å²) in [6.07, 6.45) is 7.72. The van der Waals surface area contributed by atoms with E-state index < -0.39 is 21.2 Å². The van der Waals surface area contributed by atoms with E-state index in [2.05, 4.69) is 57.5 Å². The number of methoxy groups -OCH3 is 1. The van der Waals surface area contributed by atoms with Crippen LogP contribution in [-0.2, 0) is 16.6 Å². The van der Waals surface area contributed by atoms with Gasteiger partial charge in [-0.3, -0.25) is 14.5 Å². The third-order valence-electron chi connectivity index (χ3n) is 11.7. The van der Waals surface area contributed by atoms with Gasteiger partial charge in [-0.2, -0.15) is 0 Å². The monoisotopic (exact) mass is 755 g/mol. The van der Waals surface area contributed by atoms with Crippen molar-refractivity contribution in [1.29, 1.82) is 0 Å². The molecule has 2 amide bonds.